The van der Waals surface area contributed by atoms with Gasteiger partial charge in [-0.25, -0.2) is 4.79 Å². The molecule has 1 aliphatic rings. The summed E-state index contributed by atoms with van der Waals surface area (Å²) in [6.07, 6.45) is 2.11. The van der Waals surface area contributed by atoms with E-state index >= 15 is 0 Å². The normalized spacial score (nSPS) is 16.1. The van der Waals surface area contributed by atoms with Crippen molar-refractivity contribution < 1.29 is 14.3 Å². The molecule has 2 aromatic carbocycles. The molecule has 148 valence electrons. The third-order valence-corrected chi connectivity index (χ3v) is 4.69. The minimum absolute atomic E-state index is 0.0125. The van der Waals surface area contributed by atoms with Gasteiger partial charge in [0.05, 0.1) is 12.6 Å². The molecule has 0 bridgehead atoms. The molecule has 2 N–H and O–H groups in total. The van der Waals surface area contributed by atoms with Gasteiger partial charge in [0.15, 0.2) is 0 Å². The van der Waals surface area contributed by atoms with Crippen LogP contribution >= 0.6 is 0 Å². The molecule has 28 heavy (non-hydrogen) atoms. The van der Waals surface area contributed by atoms with Crippen LogP contribution in [0.15, 0.2) is 54.6 Å². The Morgan fingerprint density at radius 3 is 2.61 bits per heavy atom. The molecule has 0 aromatic heterocycles. The molecule has 1 saturated heterocycles. The van der Waals surface area contributed by atoms with Crippen LogP contribution in [0.4, 0.5) is 10.5 Å². The highest BCUT2D eigenvalue weighted by Crippen LogP contribution is 2.24. The number of carbonyl (C=O) groups excluding carboxylic acids is 2. The number of aryl methyl sites for hydroxylation is 1. The molecule has 0 radical (unpaired) electrons. The van der Waals surface area contributed by atoms with Crippen LogP contribution in [-0.4, -0.2) is 37.7 Å². The summed E-state index contributed by atoms with van der Waals surface area (Å²) in [6.45, 7) is 3.61. The molecule has 0 spiro atoms. The van der Waals surface area contributed by atoms with Gasteiger partial charge >= 0.3 is 6.03 Å². The second-order valence-corrected chi connectivity index (χ2v) is 6.82. The highest BCUT2D eigenvalue weighted by atomic mass is 16.5. The molecule has 0 saturated carbocycles. The van der Waals surface area contributed by atoms with Gasteiger partial charge < -0.3 is 20.3 Å². The second kappa shape index (κ2) is 9.78. The Labute approximate surface area is 165 Å². The average molecular weight is 381 g/mol. The van der Waals surface area contributed by atoms with Crippen molar-refractivity contribution in [1.82, 2.24) is 10.6 Å². The Balaban J connectivity index is 1.41. The fourth-order valence-electron chi connectivity index (χ4n) is 3.32. The number of rotatable bonds is 8. The number of nitrogens with zero attached hydrogens (tertiary/aromatic N) is 1. The lowest BCUT2D eigenvalue weighted by Crippen LogP contribution is -2.43. The number of ether oxygens (including phenoxy) is 1. The Hall–Kier alpha value is -3.02. The average Bonchev–Trinajstić information content (AvgIpc) is 3.07. The minimum Gasteiger partial charge on any atom is -0.494 e. The summed E-state index contributed by atoms with van der Waals surface area (Å²) in [5.74, 6) is 0.793. The van der Waals surface area contributed by atoms with Crippen molar-refractivity contribution in [1.29, 1.82) is 0 Å². The SMILES string of the molecule is CCOc1ccc(N2CC(NC(=O)NCCCc3ccccc3)CC2=O)cc1. The minimum atomic E-state index is -0.223. The fraction of sp³-hybridized carbons (Fsp3) is 0.364. The van der Waals surface area contributed by atoms with Crippen LogP contribution in [0, 0.1) is 0 Å². The molecule has 1 heterocycles. The zero-order valence-corrected chi connectivity index (χ0v) is 16.2. The first-order valence-corrected chi connectivity index (χ1v) is 9.77. The van der Waals surface area contributed by atoms with Gasteiger partial charge in [-0.3, -0.25) is 4.79 Å². The second-order valence-electron chi connectivity index (χ2n) is 6.82. The summed E-state index contributed by atoms with van der Waals surface area (Å²) in [7, 11) is 0. The Morgan fingerprint density at radius 2 is 1.89 bits per heavy atom. The van der Waals surface area contributed by atoms with E-state index in [4.69, 9.17) is 4.74 Å². The molecular formula is C22H27N3O3. The number of amides is 3. The highest BCUT2D eigenvalue weighted by molar-refractivity contribution is 5.96. The molecule has 3 amide bonds. The molecule has 3 rings (SSSR count). The highest BCUT2D eigenvalue weighted by Gasteiger charge is 2.31. The molecule has 1 atom stereocenters. The van der Waals surface area contributed by atoms with Crippen molar-refractivity contribution in [2.24, 2.45) is 0 Å². The van der Waals surface area contributed by atoms with Crippen molar-refractivity contribution in [2.75, 3.05) is 24.6 Å². The summed E-state index contributed by atoms with van der Waals surface area (Å²) < 4.78 is 5.43. The maximum Gasteiger partial charge on any atom is 0.315 e. The van der Waals surface area contributed by atoms with Crippen LogP contribution in [0.2, 0.25) is 0 Å². The van der Waals surface area contributed by atoms with E-state index in [1.54, 1.807) is 4.90 Å². The molecule has 1 unspecified atom stereocenters. The van der Waals surface area contributed by atoms with Crippen LogP contribution in [0.5, 0.6) is 5.75 Å². The molecule has 1 aliphatic heterocycles. The van der Waals surface area contributed by atoms with Gasteiger partial charge in [-0.15, -0.1) is 0 Å². The molecular weight excluding hydrogens is 354 g/mol. The smallest absolute Gasteiger partial charge is 0.315 e. The van der Waals surface area contributed by atoms with Crippen molar-refractivity contribution in [3.8, 4) is 5.75 Å². The third kappa shape index (κ3) is 5.49. The van der Waals surface area contributed by atoms with Gasteiger partial charge in [-0.2, -0.15) is 0 Å². The van der Waals surface area contributed by atoms with E-state index in [0.29, 0.717) is 26.1 Å². The standard InChI is InChI=1S/C22H27N3O3/c1-2-28-20-12-10-19(11-13-20)25-16-18(15-21(25)26)24-22(27)23-14-6-9-17-7-4-3-5-8-17/h3-5,7-8,10-13,18H,2,6,9,14-16H2,1H3,(H2,23,24,27). The van der Waals surface area contributed by atoms with Crippen molar-refractivity contribution in [2.45, 2.75) is 32.2 Å². The van der Waals surface area contributed by atoms with E-state index < -0.39 is 0 Å². The number of hydrogen-bond donors (Lipinski definition) is 2. The Bertz CT molecular complexity index is 777. The fourth-order valence-corrected chi connectivity index (χ4v) is 3.32. The number of hydrogen-bond acceptors (Lipinski definition) is 3. The lowest BCUT2D eigenvalue weighted by atomic mass is 10.1. The van der Waals surface area contributed by atoms with E-state index in [2.05, 4.69) is 22.8 Å². The van der Waals surface area contributed by atoms with Gasteiger partial charge in [0.1, 0.15) is 5.75 Å². The zero-order valence-electron chi connectivity index (χ0n) is 16.2. The van der Waals surface area contributed by atoms with E-state index in [9.17, 15) is 9.59 Å². The number of urea groups is 1. The van der Waals surface area contributed by atoms with Crippen LogP contribution in [0.25, 0.3) is 0 Å². The predicted octanol–water partition coefficient (Wildman–Crippen LogP) is 3.12. The maximum atomic E-state index is 12.3. The number of carbonyl (C=O) groups is 2. The summed E-state index contributed by atoms with van der Waals surface area (Å²) in [5.41, 5.74) is 2.08. The molecule has 6 nitrogen and oxygen atoms in total. The first kappa shape index (κ1) is 19.7. The lowest BCUT2D eigenvalue weighted by molar-refractivity contribution is -0.117. The van der Waals surface area contributed by atoms with E-state index in [1.165, 1.54) is 5.56 Å². The summed E-state index contributed by atoms with van der Waals surface area (Å²) in [5, 5.41) is 5.78. The zero-order chi connectivity index (χ0) is 19.8. The quantitative estimate of drug-likeness (QED) is 0.690. The summed E-state index contributed by atoms with van der Waals surface area (Å²) in [4.78, 5) is 26.1. The number of nitrogens with one attached hydrogen (secondary N) is 2. The van der Waals surface area contributed by atoms with Crippen LogP contribution in [0.3, 0.4) is 0 Å². The Morgan fingerprint density at radius 1 is 1.14 bits per heavy atom. The topological polar surface area (TPSA) is 70.7 Å². The molecule has 2 aromatic rings. The first-order chi connectivity index (χ1) is 13.7. The van der Waals surface area contributed by atoms with Crippen molar-refractivity contribution in [3.05, 3.63) is 60.2 Å². The molecule has 1 fully saturated rings. The van der Waals surface area contributed by atoms with E-state index in [-0.39, 0.29) is 18.0 Å². The predicted molar refractivity (Wildman–Crippen MR) is 110 cm³/mol. The number of anilines is 1. The van der Waals surface area contributed by atoms with E-state index in [0.717, 1.165) is 24.3 Å². The molecule has 0 aliphatic carbocycles. The monoisotopic (exact) mass is 381 g/mol. The summed E-state index contributed by atoms with van der Waals surface area (Å²) >= 11 is 0. The third-order valence-electron chi connectivity index (χ3n) is 4.69. The van der Waals surface area contributed by atoms with Gasteiger partial charge in [0, 0.05) is 25.2 Å². The van der Waals surface area contributed by atoms with Gasteiger partial charge in [-0.05, 0) is 49.6 Å². The van der Waals surface area contributed by atoms with Crippen LogP contribution in [-0.2, 0) is 11.2 Å². The van der Waals surface area contributed by atoms with Gasteiger partial charge in [-0.1, -0.05) is 30.3 Å². The van der Waals surface area contributed by atoms with Gasteiger partial charge in [0.2, 0.25) is 5.91 Å². The Kier molecular flexibility index (Phi) is 6.89. The first-order valence-electron chi connectivity index (χ1n) is 9.77. The van der Waals surface area contributed by atoms with E-state index in [1.807, 2.05) is 49.4 Å². The summed E-state index contributed by atoms with van der Waals surface area (Å²) in [6, 6.07) is 17.2. The number of benzene rings is 2. The largest absolute Gasteiger partial charge is 0.494 e. The lowest BCUT2D eigenvalue weighted by Gasteiger charge is -2.18. The molecule has 6 heteroatoms. The van der Waals surface area contributed by atoms with Crippen LogP contribution < -0.4 is 20.3 Å². The van der Waals surface area contributed by atoms with Crippen molar-refractivity contribution >= 4 is 17.6 Å². The maximum absolute atomic E-state index is 12.3. The van der Waals surface area contributed by atoms with Gasteiger partial charge in [0.25, 0.3) is 0 Å². The van der Waals surface area contributed by atoms with Crippen molar-refractivity contribution in [3.63, 3.8) is 0 Å². The van der Waals surface area contributed by atoms with Crippen LogP contribution in [0.1, 0.15) is 25.3 Å².